The van der Waals surface area contributed by atoms with Crippen molar-refractivity contribution in [1.82, 2.24) is 15.5 Å². The smallest absolute Gasteiger partial charge is 0.234 e. The maximum absolute atomic E-state index is 13.2. The van der Waals surface area contributed by atoms with Gasteiger partial charge in [0.1, 0.15) is 5.82 Å². The van der Waals surface area contributed by atoms with Gasteiger partial charge in [-0.2, -0.15) is 0 Å². The van der Waals surface area contributed by atoms with Crippen LogP contribution in [0.15, 0.2) is 24.3 Å². The van der Waals surface area contributed by atoms with E-state index in [1.54, 1.807) is 6.07 Å². The fourth-order valence-corrected chi connectivity index (χ4v) is 2.41. The van der Waals surface area contributed by atoms with Crippen LogP contribution in [0.25, 0.3) is 0 Å². The van der Waals surface area contributed by atoms with E-state index in [2.05, 4.69) is 15.5 Å². The summed E-state index contributed by atoms with van der Waals surface area (Å²) in [5, 5.41) is 6.23. The highest BCUT2D eigenvalue weighted by molar-refractivity contribution is 5.78. The van der Waals surface area contributed by atoms with Crippen molar-refractivity contribution in [2.45, 2.75) is 19.4 Å². The number of amides is 1. The lowest BCUT2D eigenvalue weighted by molar-refractivity contribution is -0.122. The Morgan fingerprint density at radius 3 is 3.10 bits per heavy atom. The summed E-state index contributed by atoms with van der Waals surface area (Å²) in [6, 6.07) is 6.17. The number of carbonyl (C=O) groups excluding carboxylic acids is 1. The zero-order valence-electron chi connectivity index (χ0n) is 11.9. The maximum Gasteiger partial charge on any atom is 0.234 e. The van der Waals surface area contributed by atoms with E-state index in [9.17, 15) is 9.18 Å². The molecule has 1 atom stereocenters. The number of hydrogen-bond donors (Lipinski definition) is 2. The normalized spacial score (nSPS) is 18.3. The largest absolute Gasteiger partial charge is 0.348 e. The topological polar surface area (TPSA) is 44.4 Å². The Morgan fingerprint density at radius 2 is 2.30 bits per heavy atom. The second kappa shape index (κ2) is 7.36. The van der Waals surface area contributed by atoms with Crippen molar-refractivity contribution in [2.24, 2.45) is 0 Å². The number of nitrogens with zero attached hydrogens (tertiary/aromatic N) is 1. The third-order valence-electron chi connectivity index (χ3n) is 3.53. The fourth-order valence-electron chi connectivity index (χ4n) is 2.41. The van der Waals surface area contributed by atoms with Crippen molar-refractivity contribution in [3.63, 3.8) is 0 Å². The molecule has 1 amide bonds. The van der Waals surface area contributed by atoms with E-state index >= 15 is 0 Å². The summed E-state index contributed by atoms with van der Waals surface area (Å²) < 4.78 is 13.2. The van der Waals surface area contributed by atoms with Crippen LogP contribution in [0, 0.1) is 5.82 Å². The lowest BCUT2D eigenvalue weighted by Gasteiger charge is -2.21. The van der Waals surface area contributed by atoms with Crippen molar-refractivity contribution in [1.29, 1.82) is 0 Å². The zero-order chi connectivity index (χ0) is 14.4. The van der Waals surface area contributed by atoms with Gasteiger partial charge in [-0.05, 0) is 44.1 Å². The average molecular weight is 279 g/mol. The quantitative estimate of drug-likeness (QED) is 0.873. The van der Waals surface area contributed by atoms with E-state index in [-0.39, 0.29) is 17.8 Å². The predicted octanol–water partition coefficient (Wildman–Crippen LogP) is 1.30. The molecule has 4 nitrogen and oxygen atoms in total. The summed E-state index contributed by atoms with van der Waals surface area (Å²) in [6.07, 6.45) is 1.06. The molecule has 0 unspecified atom stereocenters. The molecule has 1 aromatic rings. The van der Waals surface area contributed by atoms with Crippen LogP contribution in [-0.4, -0.2) is 43.5 Å². The minimum atomic E-state index is -0.276. The summed E-state index contributed by atoms with van der Waals surface area (Å²) in [5.74, 6) is -0.286. The third kappa shape index (κ3) is 4.58. The summed E-state index contributed by atoms with van der Waals surface area (Å²) in [4.78, 5) is 14.2. The van der Waals surface area contributed by atoms with Gasteiger partial charge >= 0.3 is 0 Å². The van der Waals surface area contributed by atoms with Crippen molar-refractivity contribution in [3.8, 4) is 0 Å². The molecule has 2 rings (SSSR count). The van der Waals surface area contributed by atoms with Crippen LogP contribution in [0.3, 0.4) is 0 Å². The van der Waals surface area contributed by atoms with Crippen LogP contribution < -0.4 is 10.6 Å². The molecule has 1 heterocycles. The molecule has 5 heteroatoms. The number of benzene rings is 1. The van der Waals surface area contributed by atoms with Crippen LogP contribution in [0.4, 0.5) is 4.39 Å². The Labute approximate surface area is 119 Å². The number of rotatable bonds is 4. The Morgan fingerprint density at radius 1 is 1.45 bits per heavy atom. The van der Waals surface area contributed by atoms with Gasteiger partial charge in [0, 0.05) is 13.1 Å². The molecule has 1 fully saturated rings. The monoisotopic (exact) mass is 279 g/mol. The highest BCUT2D eigenvalue weighted by Crippen LogP contribution is 2.13. The maximum atomic E-state index is 13.2. The molecule has 1 aliphatic rings. The fraction of sp³-hybridized carbons (Fsp3) is 0.533. The first-order valence-electron chi connectivity index (χ1n) is 7.13. The van der Waals surface area contributed by atoms with Gasteiger partial charge in [0.2, 0.25) is 5.91 Å². The molecule has 2 N–H and O–H groups in total. The molecular weight excluding hydrogens is 257 g/mol. The predicted molar refractivity (Wildman–Crippen MR) is 76.9 cm³/mol. The van der Waals surface area contributed by atoms with Gasteiger partial charge in [-0.3, -0.25) is 9.69 Å². The Bertz CT molecular complexity index is 444. The molecule has 0 aromatic heterocycles. The molecule has 0 spiro atoms. The van der Waals surface area contributed by atoms with E-state index in [1.807, 2.05) is 13.0 Å². The van der Waals surface area contributed by atoms with Crippen molar-refractivity contribution < 1.29 is 9.18 Å². The number of hydrogen-bond acceptors (Lipinski definition) is 3. The highest BCUT2D eigenvalue weighted by Gasteiger charge is 2.15. The number of halogens is 1. The van der Waals surface area contributed by atoms with Gasteiger partial charge < -0.3 is 10.6 Å². The van der Waals surface area contributed by atoms with E-state index in [0.29, 0.717) is 6.54 Å². The molecular formula is C15H22FN3O. The summed E-state index contributed by atoms with van der Waals surface area (Å²) >= 11 is 0. The first kappa shape index (κ1) is 14.9. The van der Waals surface area contributed by atoms with Crippen LogP contribution in [0.2, 0.25) is 0 Å². The molecule has 0 bridgehead atoms. The summed E-state index contributed by atoms with van der Waals surface area (Å²) in [5.41, 5.74) is 0.788. The second-order valence-corrected chi connectivity index (χ2v) is 5.22. The molecule has 0 aliphatic carbocycles. The van der Waals surface area contributed by atoms with E-state index in [0.717, 1.165) is 38.2 Å². The Kier molecular flexibility index (Phi) is 5.49. The second-order valence-electron chi connectivity index (χ2n) is 5.22. The molecule has 0 radical (unpaired) electrons. The molecule has 1 saturated heterocycles. The molecule has 1 aromatic carbocycles. The lowest BCUT2D eigenvalue weighted by atomic mass is 10.1. The van der Waals surface area contributed by atoms with Crippen LogP contribution >= 0.6 is 0 Å². The van der Waals surface area contributed by atoms with E-state index < -0.39 is 0 Å². The lowest BCUT2D eigenvalue weighted by Crippen LogP contribution is -2.39. The van der Waals surface area contributed by atoms with Crippen LogP contribution in [-0.2, 0) is 4.79 Å². The van der Waals surface area contributed by atoms with Gasteiger partial charge in [-0.1, -0.05) is 12.1 Å². The van der Waals surface area contributed by atoms with Gasteiger partial charge in [0.05, 0.1) is 12.6 Å². The minimum absolute atomic E-state index is 0.0105. The van der Waals surface area contributed by atoms with Crippen molar-refractivity contribution in [3.05, 3.63) is 35.6 Å². The summed E-state index contributed by atoms with van der Waals surface area (Å²) in [7, 11) is 0. The van der Waals surface area contributed by atoms with Crippen molar-refractivity contribution in [2.75, 3.05) is 32.7 Å². The van der Waals surface area contributed by atoms with Crippen molar-refractivity contribution >= 4 is 5.91 Å². The number of nitrogens with one attached hydrogen (secondary N) is 2. The standard InChI is InChI=1S/C15H22FN3O/c1-12(13-4-2-5-14(16)10-13)18-15(20)11-19-8-3-6-17-7-9-19/h2,4-5,10,12,17H,3,6-9,11H2,1H3,(H,18,20)/t12-/m1/s1. The van der Waals surface area contributed by atoms with E-state index in [1.165, 1.54) is 12.1 Å². The van der Waals surface area contributed by atoms with Crippen LogP contribution in [0.1, 0.15) is 24.9 Å². The average Bonchev–Trinajstić information content (AvgIpc) is 2.67. The first-order chi connectivity index (χ1) is 9.65. The Hall–Kier alpha value is -1.46. The van der Waals surface area contributed by atoms with Gasteiger partial charge in [-0.25, -0.2) is 4.39 Å². The Balaban J connectivity index is 1.84. The SMILES string of the molecule is C[C@@H](NC(=O)CN1CCCNCC1)c1cccc(F)c1. The van der Waals surface area contributed by atoms with Gasteiger partial charge in [-0.15, -0.1) is 0 Å². The number of carbonyl (C=O) groups is 1. The first-order valence-corrected chi connectivity index (χ1v) is 7.13. The minimum Gasteiger partial charge on any atom is -0.348 e. The summed E-state index contributed by atoms with van der Waals surface area (Å²) in [6.45, 7) is 6.04. The molecule has 20 heavy (non-hydrogen) atoms. The highest BCUT2D eigenvalue weighted by atomic mass is 19.1. The van der Waals surface area contributed by atoms with Gasteiger partial charge in [0.15, 0.2) is 0 Å². The van der Waals surface area contributed by atoms with Crippen LogP contribution in [0.5, 0.6) is 0 Å². The van der Waals surface area contributed by atoms with Gasteiger partial charge in [0.25, 0.3) is 0 Å². The third-order valence-corrected chi connectivity index (χ3v) is 3.53. The molecule has 0 saturated carbocycles. The zero-order valence-corrected chi connectivity index (χ0v) is 11.9. The molecule has 110 valence electrons. The van der Waals surface area contributed by atoms with E-state index in [4.69, 9.17) is 0 Å². The molecule has 1 aliphatic heterocycles.